The summed E-state index contributed by atoms with van der Waals surface area (Å²) in [5.74, 6) is 0.974. The molecule has 0 saturated heterocycles. The Morgan fingerprint density at radius 1 is 1.21 bits per heavy atom. The van der Waals surface area contributed by atoms with Crippen LogP contribution in [0.25, 0.3) is 21.6 Å². The van der Waals surface area contributed by atoms with Crippen molar-refractivity contribution < 1.29 is 4.79 Å². The first-order chi connectivity index (χ1) is 13.7. The van der Waals surface area contributed by atoms with Gasteiger partial charge in [-0.25, -0.2) is 9.97 Å². The third-order valence-electron chi connectivity index (χ3n) is 4.81. The SMILES string of the molecule is Cc1nnc(-c2ccc3cnc(CC(=O)N4CCn5ccnc5C4)cc3n2)s1. The van der Waals surface area contributed by atoms with Crippen molar-refractivity contribution in [2.45, 2.75) is 26.4 Å². The minimum atomic E-state index is 0.0528. The fraction of sp³-hybridized carbons (Fsp3) is 0.263. The van der Waals surface area contributed by atoms with Gasteiger partial charge in [0.2, 0.25) is 5.91 Å². The lowest BCUT2D eigenvalue weighted by atomic mass is 10.2. The van der Waals surface area contributed by atoms with Gasteiger partial charge in [0.15, 0.2) is 5.01 Å². The van der Waals surface area contributed by atoms with E-state index in [1.54, 1.807) is 12.4 Å². The highest BCUT2D eigenvalue weighted by atomic mass is 32.1. The van der Waals surface area contributed by atoms with Crippen LogP contribution in [0.5, 0.6) is 0 Å². The lowest BCUT2D eigenvalue weighted by molar-refractivity contribution is -0.132. The van der Waals surface area contributed by atoms with Gasteiger partial charge in [-0.05, 0) is 25.1 Å². The van der Waals surface area contributed by atoms with Crippen LogP contribution in [0.2, 0.25) is 0 Å². The number of hydrogen-bond donors (Lipinski definition) is 0. The minimum absolute atomic E-state index is 0.0528. The lowest BCUT2D eigenvalue weighted by Crippen LogP contribution is -2.39. The van der Waals surface area contributed by atoms with Crippen molar-refractivity contribution in [3.63, 3.8) is 0 Å². The normalized spacial score (nSPS) is 13.7. The van der Waals surface area contributed by atoms with E-state index >= 15 is 0 Å². The second-order valence-electron chi connectivity index (χ2n) is 6.72. The molecule has 0 radical (unpaired) electrons. The molecule has 0 N–H and O–H groups in total. The first-order valence-corrected chi connectivity index (χ1v) is 9.81. The zero-order valence-corrected chi connectivity index (χ0v) is 16.1. The van der Waals surface area contributed by atoms with E-state index in [0.29, 0.717) is 18.8 Å². The van der Waals surface area contributed by atoms with E-state index in [4.69, 9.17) is 4.98 Å². The maximum atomic E-state index is 12.7. The number of aryl methyl sites for hydroxylation is 1. The Morgan fingerprint density at radius 3 is 3.00 bits per heavy atom. The van der Waals surface area contributed by atoms with Crippen LogP contribution in [-0.2, 0) is 24.3 Å². The summed E-state index contributed by atoms with van der Waals surface area (Å²) in [5, 5.41) is 10.8. The van der Waals surface area contributed by atoms with Crippen molar-refractivity contribution in [3.05, 3.63) is 53.3 Å². The summed E-state index contributed by atoms with van der Waals surface area (Å²) in [6.07, 6.45) is 5.74. The van der Waals surface area contributed by atoms with Crippen LogP contribution >= 0.6 is 11.3 Å². The third kappa shape index (κ3) is 3.13. The number of imidazole rings is 1. The second-order valence-corrected chi connectivity index (χ2v) is 7.90. The van der Waals surface area contributed by atoms with Gasteiger partial charge in [-0.15, -0.1) is 10.2 Å². The topological polar surface area (TPSA) is 89.7 Å². The van der Waals surface area contributed by atoms with Crippen LogP contribution in [0.3, 0.4) is 0 Å². The highest BCUT2D eigenvalue weighted by Crippen LogP contribution is 2.24. The summed E-state index contributed by atoms with van der Waals surface area (Å²) in [6.45, 7) is 3.92. The molecule has 0 aliphatic carbocycles. The van der Waals surface area contributed by atoms with Gasteiger partial charge >= 0.3 is 0 Å². The molecule has 0 aromatic carbocycles. The summed E-state index contributed by atoms with van der Waals surface area (Å²) < 4.78 is 2.08. The van der Waals surface area contributed by atoms with E-state index in [2.05, 4.69) is 24.7 Å². The van der Waals surface area contributed by atoms with Gasteiger partial charge in [0.1, 0.15) is 16.5 Å². The van der Waals surface area contributed by atoms with Crippen molar-refractivity contribution in [1.29, 1.82) is 0 Å². The summed E-state index contributed by atoms with van der Waals surface area (Å²) in [4.78, 5) is 28.0. The molecule has 0 bridgehead atoms. The summed E-state index contributed by atoms with van der Waals surface area (Å²) in [6, 6.07) is 5.78. The van der Waals surface area contributed by atoms with Gasteiger partial charge in [0.25, 0.3) is 0 Å². The maximum Gasteiger partial charge on any atom is 0.229 e. The molecule has 140 valence electrons. The Kier molecular flexibility index (Phi) is 4.09. The molecule has 5 rings (SSSR count). The van der Waals surface area contributed by atoms with Gasteiger partial charge in [-0.1, -0.05) is 11.3 Å². The zero-order valence-electron chi connectivity index (χ0n) is 15.2. The van der Waals surface area contributed by atoms with Crippen molar-refractivity contribution in [2.24, 2.45) is 0 Å². The van der Waals surface area contributed by atoms with Crippen molar-refractivity contribution in [3.8, 4) is 10.7 Å². The number of fused-ring (bicyclic) bond motifs is 2. The highest BCUT2D eigenvalue weighted by molar-refractivity contribution is 7.14. The molecule has 0 spiro atoms. The fourth-order valence-electron chi connectivity index (χ4n) is 3.33. The maximum absolute atomic E-state index is 12.7. The smallest absolute Gasteiger partial charge is 0.229 e. The van der Waals surface area contributed by atoms with Crippen LogP contribution in [0.4, 0.5) is 0 Å². The molecule has 28 heavy (non-hydrogen) atoms. The zero-order chi connectivity index (χ0) is 19.1. The van der Waals surface area contributed by atoms with Crippen LogP contribution in [0, 0.1) is 6.92 Å². The molecule has 4 aromatic heterocycles. The Balaban J connectivity index is 1.38. The van der Waals surface area contributed by atoms with Crippen molar-refractivity contribution >= 4 is 28.1 Å². The number of carbonyl (C=O) groups is 1. The third-order valence-corrected chi connectivity index (χ3v) is 5.67. The van der Waals surface area contributed by atoms with Gasteiger partial charge in [0, 0.05) is 37.1 Å². The predicted octanol–water partition coefficient (Wildman–Crippen LogP) is 2.24. The standard InChI is InChI=1S/C19H17N7OS/c1-12-23-24-19(28-12)15-3-2-13-10-21-14(8-16(13)22-15)9-18(27)26-7-6-25-5-4-20-17(25)11-26/h2-5,8,10H,6-7,9,11H2,1H3. The monoisotopic (exact) mass is 391 g/mol. The largest absolute Gasteiger partial charge is 0.333 e. The predicted molar refractivity (Wildman–Crippen MR) is 105 cm³/mol. The Morgan fingerprint density at radius 2 is 2.14 bits per heavy atom. The van der Waals surface area contributed by atoms with E-state index in [1.807, 2.05) is 36.2 Å². The van der Waals surface area contributed by atoms with Gasteiger partial charge in [-0.2, -0.15) is 0 Å². The van der Waals surface area contributed by atoms with E-state index in [1.165, 1.54) is 11.3 Å². The Labute approximate surface area is 164 Å². The molecule has 0 fully saturated rings. The number of nitrogens with zero attached hydrogens (tertiary/aromatic N) is 7. The van der Waals surface area contributed by atoms with Gasteiger partial charge in [0.05, 0.1) is 24.2 Å². The first-order valence-electron chi connectivity index (χ1n) is 9.00. The molecule has 9 heteroatoms. The number of aromatic nitrogens is 6. The van der Waals surface area contributed by atoms with Crippen LogP contribution < -0.4 is 0 Å². The molecular weight excluding hydrogens is 374 g/mol. The van der Waals surface area contributed by atoms with Crippen LogP contribution in [0.1, 0.15) is 16.5 Å². The first kappa shape index (κ1) is 16.9. The average molecular weight is 391 g/mol. The van der Waals surface area contributed by atoms with Crippen LogP contribution in [0.15, 0.2) is 36.8 Å². The highest BCUT2D eigenvalue weighted by Gasteiger charge is 2.21. The molecule has 0 atom stereocenters. The van der Waals surface area contributed by atoms with E-state index in [0.717, 1.165) is 39.0 Å². The molecule has 1 aliphatic rings. The molecule has 0 unspecified atom stereocenters. The lowest BCUT2D eigenvalue weighted by Gasteiger charge is -2.27. The number of amides is 1. The Hall–Kier alpha value is -3.20. The molecule has 1 amide bonds. The molecule has 0 saturated carbocycles. The van der Waals surface area contributed by atoms with Gasteiger partial charge in [-0.3, -0.25) is 9.78 Å². The molecule has 1 aliphatic heterocycles. The second kappa shape index (κ2) is 6.75. The van der Waals surface area contributed by atoms with Crippen molar-refractivity contribution in [1.82, 2.24) is 34.6 Å². The number of pyridine rings is 2. The molecule has 5 heterocycles. The summed E-state index contributed by atoms with van der Waals surface area (Å²) in [5.41, 5.74) is 2.30. The van der Waals surface area contributed by atoms with E-state index in [9.17, 15) is 4.79 Å². The van der Waals surface area contributed by atoms with Gasteiger partial charge < -0.3 is 9.47 Å². The summed E-state index contributed by atoms with van der Waals surface area (Å²) >= 11 is 1.51. The number of carbonyl (C=O) groups excluding carboxylic acids is 1. The minimum Gasteiger partial charge on any atom is -0.333 e. The van der Waals surface area contributed by atoms with Crippen LogP contribution in [-0.4, -0.2) is 47.1 Å². The number of rotatable bonds is 3. The molecule has 8 nitrogen and oxygen atoms in total. The molecular formula is C19H17N7OS. The Bertz CT molecular complexity index is 1180. The van der Waals surface area contributed by atoms with E-state index in [-0.39, 0.29) is 12.3 Å². The molecule has 4 aromatic rings. The summed E-state index contributed by atoms with van der Waals surface area (Å²) in [7, 11) is 0. The van der Waals surface area contributed by atoms with Crippen molar-refractivity contribution in [2.75, 3.05) is 6.54 Å². The average Bonchev–Trinajstić information content (AvgIpc) is 3.35. The fourth-order valence-corrected chi connectivity index (χ4v) is 3.99. The quantitative estimate of drug-likeness (QED) is 0.532. The number of hydrogen-bond acceptors (Lipinski definition) is 7. The van der Waals surface area contributed by atoms with E-state index < -0.39 is 0 Å².